The molecule has 0 saturated heterocycles. The average molecular weight is 561 g/mol. The molecule has 183 valence electrons. The molecule has 1 radical (unpaired) electrons. The molecule has 0 atom stereocenters. The number of nitrogens with one attached hydrogen (secondary N) is 2. The standard InChI is InChI=1S/C17H20N2O2S.C10H17N.Nb/c1-3-20-15-9-5-13(6-10-15)18-17(22)19-14-7-11-16(12-8-14)21-4-2;11-10-4-7-1-8(5-10)3-9(2-7)6-10;/h5-12H,3-4H2,1-2H3,(H2,18,19,22);7-9H,1-6,11H2;. The molecular formula is C27H37N3NbO2S. The third-order valence-electron chi connectivity index (χ3n) is 6.93. The summed E-state index contributed by atoms with van der Waals surface area (Å²) in [7, 11) is 0. The monoisotopic (exact) mass is 560 g/mol. The van der Waals surface area contributed by atoms with Crippen LogP contribution in [0.5, 0.6) is 11.5 Å². The van der Waals surface area contributed by atoms with Crippen LogP contribution in [0.15, 0.2) is 48.5 Å². The van der Waals surface area contributed by atoms with Gasteiger partial charge in [-0.15, -0.1) is 0 Å². The van der Waals surface area contributed by atoms with Crippen LogP contribution in [0.2, 0.25) is 0 Å². The Kier molecular flexibility index (Phi) is 9.86. The van der Waals surface area contributed by atoms with Crippen LogP contribution in [0.25, 0.3) is 0 Å². The Bertz CT molecular complexity index is 832. The third kappa shape index (κ3) is 7.46. The van der Waals surface area contributed by atoms with E-state index in [0.717, 1.165) is 40.6 Å². The van der Waals surface area contributed by atoms with E-state index in [1.807, 2.05) is 62.4 Å². The molecule has 4 aliphatic rings. The van der Waals surface area contributed by atoms with Gasteiger partial charge in [-0.3, -0.25) is 0 Å². The molecule has 0 amide bonds. The number of hydrogen-bond acceptors (Lipinski definition) is 4. The van der Waals surface area contributed by atoms with Gasteiger partial charge in [0.25, 0.3) is 0 Å². The van der Waals surface area contributed by atoms with Gasteiger partial charge in [0, 0.05) is 39.3 Å². The predicted octanol–water partition coefficient (Wildman–Crippen LogP) is 6.20. The molecule has 7 heteroatoms. The molecule has 0 aromatic heterocycles. The number of rotatable bonds is 6. The van der Waals surface area contributed by atoms with E-state index in [1.54, 1.807) is 0 Å². The maximum Gasteiger partial charge on any atom is 0.175 e. The minimum absolute atomic E-state index is 0. The van der Waals surface area contributed by atoms with E-state index in [-0.39, 0.29) is 22.4 Å². The first-order valence-corrected chi connectivity index (χ1v) is 12.7. The zero-order chi connectivity index (χ0) is 23.3. The van der Waals surface area contributed by atoms with Crippen molar-refractivity contribution in [3.63, 3.8) is 0 Å². The third-order valence-corrected chi connectivity index (χ3v) is 7.14. The number of benzene rings is 2. The molecule has 4 N–H and O–H groups in total. The first-order valence-electron chi connectivity index (χ1n) is 12.3. The fraction of sp³-hybridized carbons (Fsp3) is 0.519. The molecule has 4 fully saturated rings. The number of anilines is 2. The van der Waals surface area contributed by atoms with E-state index in [0.29, 0.717) is 23.9 Å². The van der Waals surface area contributed by atoms with E-state index >= 15 is 0 Å². The normalized spacial score (nSPS) is 25.9. The quantitative estimate of drug-likeness (QED) is 0.289. The Morgan fingerprint density at radius 3 is 1.44 bits per heavy atom. The Morgan fingerprint density at radius 2 is 1.15 bits per heavy atom. The second-order valence-corrected chi connectivity index (χ2v) is 10.2. The van der Waals surface area contributed by atoms with Gasteiger partial charge in [-0.2, -0.15) is 0 Å². The van der Waals surface area contributed by atoms with Gasteiger partial charge in [0.15, 0.2) is 5.11 Å². The van der Waals surface area contributed by atoms with Gasteiger partial charge < -0.3 is 25.8 Å². The van der Waals surface area contributed by atoms with Gasteiger partial charge in [0.05, 0.1) is 13.2 Å². The van der Waals surface area contributed by atoms with Crippen LogP contribution in [0, 0.1) is 17.8 Å². The minimum Gasteiger partial charge on any atom is -0.494 e. The van der Waals surface area contributed by atoms with E-state index in [2.05, 4.69) is 10.6 Å². The van der Waals surface area contributed by atoms with Gasteiger partial charge in [0.1, 0.15) is 11.5 Å². The summed E-state index contributed by atoms with van der Waals surface area (Å²) in [6.07, 6.45) is 8.57. The maximum atomic E-state index is 6.32. The van der Waals surface area contributed by atoms with E-state index in [1.165, 1.54) is 38.5 Å². The van der Waals surface area contributed by atoms with Crippen molar-refractivity contribution in [1.29, 1.82) is 0 Å². The maximum absolute atomic E-state index is 6.32. The van der Waals surface area contributed by atoms with Gasteiger partial charge in [-0.25, -0.2) is 0 Å². The molecule has 0 heterocycles. The van der Waals surface area contributed by atoms with Crippen molar-refractivity contribution in [3.05, 3.63) is 48.5 Å². The summed E-state index contributed by atoms with van der Waals surface area (Å²) < 4.78 is 10.8. The summed E-state index contributed by atoms with van der Waals surface area (Å²) in [5.41, 5.74) is 8.44. The first-order chi connectivity index (χ1) is 15.9. The zero-order valence-corrected chi connectivity index (χ0v) is 23.3. The average Bonchev–Trinajstić information content (AvgIpc) is 2.76. The number of nitrogens with two attached hydrogens (primary N) is 1. The molecule has 4 bridgehead atoms. The van der Waals surface area contributed by atoms with Crippen molar-refractivity contribution in [2.24, 2.45) is 23.5 Å². The van der Waals surface area contributed by atoms with Crippen LogP contribution in [0.3, 0.4) is 0 Å². The summed E-state index contributed by atoms with van der Waals surface area (Å²) in [6, 6.07) is 15.3. The molecule has 34 heavy (non-hydrogen) atoms. The molecule has 5 nitrogen and oxygen atoms in total. The van der Waals surface area contributed by atoms with E-state index in [9.17, 15) is 0 Å². The van der Waals surface area contributed by atoms with Crippen LogP contribution in [-0.4, -0.2) is 23.9 Å². The zero-order valence-electron chi connectivity index (χ0n) is 20.3. The van der Waals surface area contributed by atoms with Crippen molar-refractivity contribution >= 4 is 28.7 Å². The molecular weight excluding hydrogens is 523 g/mol. The summed E-state index contributed by atoms with van der Waals surface area (Å²) in [5.74, 6) is 4.75. The Labute approximate surface area is 225 Å². The smallest absolute Gasteiger partial charge is 0.175 e. The van der Waals surface area contributed by atoms with Crippen molar-refractivity contribution in [2.45, 2.75) is 57.9 Å². The van der Waals surface area contributed by atoms with Gasteiger partial charge in [-0.1, -0.05) is 0 Å². The fourth-order valence-corrected chi connectivity index (χ4v) is 6.31. The molecule has 2 aromatic rings. The second-order valence-electron chi connectivity index (χ2n) is 9.77. The van der Waals surface area contributed by atoms with Crippen LogP contribution < -0.4 is 25.8 Å². The Balaban J connectivity index is 0.000000223. The van der Waals surface area contributed by atoms with Crippen LogP contribution in [0.4, 0.5) is 11.4 Å². The summed E-state index contributed by atoms with van der Waals surface area (Å²) in [4.78, 5) is 0. The second kappa shape index (κ2) is 12.4. The summed E-state index contributed by atoms with van der Waals surface area (Å²) in [5, 5.41) is 6.80. The van der Waals surface area contributed by atoms with Crippen molar-refractivity contribution in [1.82, 2.24) is 0 Å². The number of thiocarbonyl (C=S) groups is 1. The van der Waals surface area contributed by atoms with Crippen LogP contribution in [0.1, 0.15) is 52.4 Å². The summed E-state index contributed by atoms with van der Waals surface area (Å²) in [6.45, 7) is 5.24. The van der Waals surface area contributed by atoms with E-state index < -0.39 is 0 Å². The minimum atomic E-state index is 0. The predicted molar refractivity (Wildman–Crippen MR) is 140 cm³/mol. The fourth-order valence-electron chi connectivity index (χ4n) is 6.07. The van der Waals surface area contributed by atoms with Gasteiger partial charge in [-0.05, 0) is 131 Å². The Morgan fingerprint density at radius 1 is 0.794 bits per heavy atom. The van der Waals surface area contributed by atoms with Gasteiger partial charge >= 0.3 is 0 Å². The van der Waals surface area contributed by atoms with Crippen LogP contribution >= 0.6 is 12.2 Å². The van der Waals surface area contributed by atoms with Crippen molar-refractivity contribution < 1.29 is 31.9 Å². The van der Waals surface area contributed by atoms with Crippen molar-refractivity contribution in [3.8, 4) is 11.5 Å². The SMILES string of the molecule is CCOc1ccc(NC(=S)Nc2ccc(OCC)cc2)cc1.NC12CC3CC(CC(C3)C1)C2.[Nb]. The van der Waals surface area contributed by atoms with Crippen LogP contribution in [-0.2, 0) is 22.4 Å². The molecule has 4 aliphatic carbocycles. The molecule has 6 rings (SSSR count). The first kappa shape index (κ1) is 27.0. The van der Waals surface area contributed by atoms with E-state index in [4.69, 9.17) is 27.4 Å². The number of ether oxygens (including phenoxy) is 2. The summed E-state index contributed by atoms with van der Waals surface area (Å²) >= 11 is 5.30. The van der Waals surface area contributed by atoms with Crippen molar-refractivity contribution in [2.75, 3.05) is 23.8 Å². The van der Waals surface area contributed by atoms with Gasteiger partial charge in [0.2, 0.25) is 0 Å². The number of hydrogen-bond donors (Lipinski definition) is 3. The molecule has 0 aliphatic heterocycles. The molecule has 2 aromatic carbocycles. The largest absolute Gasteiger partial charge is 0.494 e. The topological polar surface area (TPSA) is 68.5 Å². The molecule has 0 spiro atoms. The molecule has 0 unspecified atom stereocenters. The molecule has 4 saturated carbocycles. The Hall–Kier alpha value is -1.57.